The Labute approximate surface area is 137 Å². The average Bonchev–Trinajstić information content (AvgIpc) is 2.47. The number of esters is 2. The van der Waals surface area contributed by atoms with Gasteiger partial charge in [0.05, 0.1) is 6.10 Å². The van der Waals surface area contributed by atoms with E-state index in [0.29, 0.717) is 11.8 Å². The molecular weight excluding hydrogens is 296 g/mol. The van der Waals surface area contributed by atoms with E-state index < -0.39 is 24.8 Å². The second-order valence-electron chi connectivity index (χ2n) is 7.45. The van der Waals surface area contributed by atoms with Gasteiger partial charge in [-0.1, -0.05) is 6.58 Å². The Morgan fingerprint density at radius 2 is 1.65 bits per heavy atom. The fourth-order valence-corrected chi connectivity index (χ4v) is 4.81. The maximum atomic E-state index is 11.7. The normalized spacial score (nSPS) is 35.7. The highest BCUT2D eigenvalue weighted by Crippen LogP contribution is 2.54. The van der Waals surface area contributed by atoms with Gasteiger partial charge in [0, 0.05) is 5.57 Å². The van der Waals surface area contributed by atoms with Gasteiger partial charge < -0.3 is 14.2 Å². The fraction of sp³-hybridized carbons (Fsp3) is 0.778. The predicted molar refractivity (Wildman–Crippen MR) is 83.2 cm³/mol. The molecule has 0 heterocycles. The van der Waals surface area contributed by atoms with Crippen LogP contribution >= 0.6 is 0 Å². The van der Waals surface area contributed by atoms with E-state index in [2.05, 4.69) is 6.58 Å². The Bertz CT molecular complexity index is 470. The zero-order valence-corrected chi connectivity index (χ0v) is 14.0. The Morgan fingerprint density at radius 3 is 2.17 bits per heavy atom. The van der Waals surface area contributed by atoms with E-state index in [1.165, 1.54) is 39.0 Å². The first kappa shape index (κ1) is 16.5. The van der Waals surface area contributed by atoms with Gasteiger partial charge >= 0.3 is 11.9 Å². The molecule has 23 heavy (non-hydrogen) atoms. The fourth-order valence-electron chi connectivity index (χ4n) is 4.81. The third-order valence-corrected chi connectivity index (χ3v) is 5.46. The van der Waals surface area contributed by atoms with Crippen LogP contribution in [0.1, 0.15) is 46.0 Å². The number of carbonyl (C=O) groups is 2. The van der Waals surface area contributed by atoms with Crippen LogP contribution in [0.15, 0.2) is 12.2 Å². The van der Waals surface area contributed by atoms with Crippen molar-refractivity contribution in [3.63, 3.8) is 0 Å². The molecule has 1 atom stereocenters. The van der Waals surface area contributed by atoms with Crippen molar-refractivity contribution in [1.29, 1.82) is 0 Å². The van der Waals surface area contributed by atoms with Crippen molar-refractivity contribution in [3.05, 3.63) is 12.2 Å². The molecule has 128 valence electrons. The van der Waals surface area contributed by atoms with Crippen LogP contribution in [0, 0.1) is 23.7 Å². The minimum atomic E-state index is -0.603. The van der Waals surface area contributed by atoms with Crippen LogP contribution < -0.4 is 0 Å². The van der Waals surface area contributed by atoms with Crippen LogP contribution in [-0.2, 0) is 23.8 Å². The third-order valence-electron chi connectivity index (χ3n) is 5.46. The highest BCUT2D eigenvalue weighted by molar-refractivity contribution is 5.88. The van der Waals surface area contributed by atoms with E-state index in [-0.39, 0.29) is 11.7 Å². The summed E-state index contributed by atoms with van der Waals surface area (Å²) in [6, 6.07) is 0. The smallest absolute Gasteiger partial charge is 0.346 e. The van der Waals surface area contributed by atoms with Crippen molar-refractivity contribution in [2.45, 2.75) is 58.3 Å². The van der Waals surface area contributed by atoms with E-state index in [0.717, 1.165) is 11.8 Å². The van der Waals surface area contributed by atoms with Crippen LogP contribution in [-0.4, -0.2) is 30.9 Å². The minimum absolute atomic E-state index is 0.212. The van der Waals surface area contributed by atoms with Crippen molar-refractivity contribution < 1.29 is 23.8 Å². The molecule has 0 aliphatic heterocycles. The van der Waals surface area contributed by atoms with E-state index >= 15 is 0 Å². The Morgan fingerprint density at radius 1 is 1.09 bits per heavy atom. The van der Waals surface area contributed by atoms with E-state index in [9.17, 15) is 9.59 Å². The van der Waals surface area contributed by atoms with Gasteiger partial charge in [-0.2, -0.15) is 0 Å². The number of rotatable bonds is 6. The summed E-state index contributed by atoms with van der Waals surface area (Å²) in [5, 5.41) is 0. The molecule has 0 N–H and O–H groups in total. The molecule has 5 heteroatoms. The summed E-state index contributed by atoms with van der Waals surface area (Å²) in [5.74, 6) is 1.84. The second kappa shape index (κ2) is 6.63. The standard InChI is InChI=1S/C18H26O5/c1-10(2)18(20)21-9-16(19)22-11(3)23-17-14-5-12-4-13(7-14)8-15(17)6-12/h11-15,17H,1,4-9H2,2-3H3. The maximum absolute atomic E-state index is 11.7. The molecule has 4 saturated carbocycles. The van der Waals surface area contributed by atoms with E-state index in [4.69, 9.17) is 14.2 Å². The number of ether oxygens (including phenoxy) is 3. The van der Waals surface area contributed by atoms with Crippen molar-refractivity contribution in [3.8, 4) is 0 Å². The predicted octanol–water partition coefficient (Wildman–Crippen LogP) is 2.84. The topological polar surface area (TPSA) is 61.8 Å². The van der Waals surface area contributed by atoms with Crippen molar-refractivity contribution in [1.82, 2.24) is 0 Å². The lowest BCUT2D eigenvalue weighted by Gasteiger charge is -2.54. The quantitative estimate of drug-likeness (QED) is 0.427. The highest BCUT2D eigenvalue weighted by Gasteiger charge is 2.49. The summed E-state index contributed by atoms with van der Waals surface area (Å²) in [7, 11) is 0. The molecule has 0 radical (unpaired) electrons. The lowest BCUT2D eigenvalue weighted by molar-refractivity contribution is -0.221. The molecular formula is C18H26O5. The summed E-state index contributed by atoms with van der Waals surface area (Å²) in [6.07, 6.45) is 6.04. The molecule has 4 aliphatic rings. The van der Waals surface area contributed by atoms with Gasteiger partial charge in [-0.25, -0.2) is 9.59 Å². The molecule has 5 nitrogen and oxygen atoms in total. The third kappa shape index (κ3) is 3.77. The maximum Gasteiger partial charge on any atom is 0.346 e. The van der Waals surface area contributed by atoms with E-state index in [1.807, 2.05) is 0 Å². The lowest BCUT2D eigenvalue weighted by atomic mass is 9.55. The van der Waals surface area contributed by atoms with Crippen molar-refractivity contribution >= 4 is 11.9 Å². The monoisotopic (exact) mass is 322 g/mol. The molecule has 1 unspecified atom stereocenters. The lowest BCUT2D eigenvalue weighted by Crippen LogP contribution is -2.50. The molecule has 0 saturated heterocycles. The summed E-state index contributed by atoms with van der Waals surface area (Å²) >= 11 is 0. The Kier molecular flexibility index (Phi) is 4.76. The van der Waals surface area contributed by atoms with Crippen LogP contribution in [0.4, 0.5) is 0 Å². The minimum Gasteiger partial charge on any atom is -0.450 e. The first-order valence-electron chi connectivity index (χ1n) is 8.60. The number of hydrogen-bond donors (Lipinski definition) is 0. The molecule has 0 aromatic heterocycles. The largest absolute Gasteiger partial charge is 0.450 e. The first-order valence-corrected chi connectivity index (χ1v) is 8.60. The molecule has 4 rings (SSSR count). The molecule has 0 aromatic rings. The SMILES string of the molecule is C=C(C)C(=O)OCC(=O)OC(C)OC1C2CC3CC(C2)CC1C3. The zero-order chi connectivity index (χ0) is 16.6. The van der Waals surface area contributed by atoms with Crippen LogP contribution in [0.25, 0.3) is 0 Å². The number of carbonyl (C=O) groups excluding carboxylic acids is 2. The zero-order valence-electron chi connectivity index (χ0n) is 14.0. The van der Waals surface area contributed by atoms with Crippen LogP contribution in [0.2, 0.25) is 0 Å². The molecule has 4 aliphatic carbocycles. The van der Waals surface area contributed by atoms with Crippen molar-refractivity contribution in [2.75, 3.05) is 6.61 Å². The molecule has 0 spiro atoms. The van der Waals surface area contributed by atoms with Gasteiger partial charge in [0.15, 0.2) is 6.61 Å². The van der Waals surface area contributed by atoms with E-state index in [1.54, 1.807) is 6.92 Å². The summed E-state index contributed by atoms with van der Waals surface area (Å²) in [5.41, 5.74) is 0.260. The molecule has 4 fully saturated rings. The van der Waals surface area contributed by atoms with Gasteiger partial charge in [-0.3, -0.25) is 0 Å². The first-order chi connectivity index (χ1) is 10.9. The highest BCUT2D eigenvalue weighted by atomic mass is 16.7. The number of hydrogen-bond acceptors (Lipinski definition) is 5. The molecule has 4 bridgehead atoms. The summed E-state index contributed by atoms with van der Waals surface area (Å²) in [6.45, 7) is 6.33. The van der Waals surface area contributed by atoms with Crippen LogP contribution in [0.5, 0.6) is 0 Å². The van der Waals surface area contributed by atoms with Gasteiger partial charge in [0.2, 0.25) is 6.29 Å². The summed E-state index contributed by atoms with van der Waals surface area (Å²) < 4.78 is 16.1. The Balaban J connectivity index is 1.44. The van der Waals surface area contributed by atoms with Gasteiger partial charge in [0.1, 0.15) is 0 Å². The van der Waals surface area contributed by atoms with Crippen molar-refractivity contribution in [2.24, 2.45) is 23.7 Å². The van der Waals surface area contributed by atoms with Gasteiger partial charge in [-0.05, 0) is 69.6 Å². The second-order valence-corrected chi connectivity index (χ2v) is 7.45. The molecule has 0 aromatic carbocycles. The average molecular weight is 322 g/mol. The molecule has 0 amide bonds. The van der Waals surface area contributed by atoms with Gasteiger partial charge in [0.25, 0.3) is 0 Å². The summed E-state index contributed by atoms with van der Waals surface area (Å²) in [4.78, 5) is 23.0. The van der Waals surface area contributed by atoms with Gasteiger partial charge in [-0.15, -0.1) is 0 Å². The van der Waals surface area contributed by atoms with Crippen LogP contribution in [0.3, 0.4) is 0 Å². The Hall–Kier alpha value is -1.36.